The molecular formula is C27H32ClNO4. The van der Waals surface area contributed by atoms with Gasteiger partial charge in [-0.3, -0.25) is 9.59 Å². The average Bonchev–Trinajstić information content (AvgIpc) is 2.74. The molecule has 1 aliphatic heterocycles. The van der Waals surface area contributed by atoms with Gasteiger partial charge in [0.15, 0.2) is 5.78 Å². The van der Waals surface area contributed by atoms with Crippen LogP contribution in [0.1, 0.15) is 58.8 Å². The summed E-state index contributed by atoms with van der Waals surface area (Å²) in [6.45, 7) is 10.9. The normalized spacial score (nSPS) is 18.6. The number of halogens is 1. The summed E-state index contributed by atoms with van der Waals surface area (Å²) in [6, 6.07) is 9.47. The number of ether oxygens (including phenoxy) is 2. The van der Waals surface area contributed by atoms with Gasteiger partial charge in [-0.15, -0.1) is 0 Å². The third kappa shape index (κ3) is 5.48. The first-order chi connectivity index (χ1) is 15.6. The topological polar surface area (TPSA) is 55.8 Å². The number of methoxy groups -OCH3 is 1. The van der Waals surface area contributed by atoms with Crippen molar-refractivity contribution >= 4 is 28.9 Å². The zero-order valence-corrected chi connectivity index (χ0v) is 20.8. The number of nitrogens with zero attached hydrogens (tertiary/aromatic N) is 1. The highest BCUT2D eigenvalue weighted by molar-refractivity contribution is 6.32. The number of ketones is 1. The molecule has 1 aliphatic rings. The Morgan fingerprint density at radius 1 is 1.24 bits per heavy atom. The number of carbonyl (C=O) groups excluding carboxylic acids is 2. The largest absolute Gasteiger partial charge is 0.496 e. The zero-order chi connectivity index (χ0) is 24.3. The molecule has 33 heavy (non-hydrogen) atoms. The molecule has 2 atom stereocenters. The predicted molar refractivity (Wildman–Crippen MR) is 132 cm³/mol. The summed E-state index contributed by atoms with van der Waals surface area (Å²) in [5, 5.41) is 0.614. The van der Waals surface area contributed by atoms with Crippen molar-refractivity contribution in [3.8, 4) is 5.75 Å². The lowest BCUT2D eigenvalue weighted by atomic mass is 9.78. The maximum atomic E-state index is 12.9. The van der Waals surface area contributed by atoms with Crippen LogP contribution in [0.2, 0.25) is 5.02 Å². The van der Waals surface area contributed by atoms with Crippen LogP contribution in [-0.4, -0.2) is 50.0 Å². The third-order valence-corrected chi connectivity index (χ3v) is 6.63. The number of hydrogen-bond acceptors (Lipinski definition) is 5. The second-order valence-corrected chi connectivity index (χ2v) is 9.19. The number of hydrogen-bond donors (Lipinski definition) is 0. The van der Waals surface area contributed by atoms with E-state index in [0.717, 1.165) is 40.8 Å². The van der Waals surface area contributed by atoms with E-state index < -0.39 is 0 Å². The van der Waals surface area contributed by atoms with Gasteiger partial charge in [-0.25, -0.2) is 0 Å². The molecule has 0 saturated carbocycles. The first-order valence-electron chi connectivity index (χ1n) is 11.1. The van der Waals surface area contributed by atoms with E-state index in [1.807, 2.05) is 37.3 Å². The first-order valence-corrected chi connectivity index (χ1v) is 11.5. The number of piperidine rings is 1. The summed E-state index contributed by atoms with van der Waals surface area (Å²) in [6.07, 6.45) is 0.892. The van der Waals surface area contributed by atoms with Gasteiger partial charge in [-0.2, -0.15) is 0 Å². The molecule has 2 aromatic carbocycles. The van der Waals surface area contributed by atoms with Gasteiger partial charge < -0.3 is 14.4 Å². The van der Waals surface area contributed by atoms with E-state index in [4.69, 9.17) is 21.1 Å². The zero-order valence-electron chi connectivity index (χ0n) is 20.0. The van der Waals surface area contributed by atoms with Gasteiger partial charge in [-0.1, -0.05) is 36.4 Å². The lowest BCUT2D eigenvalue weighted by molar-refractivity contribution is -0.149. The van der Waals surface area contributed by atoms with Crippen molar-refractivity contribution < 1.29 is 19.1 Å². The van der Waals surface area contributed by atoms with Crippen molar-refractivity contribution in [3.63, 3.8) is 0 Å². The molecule has 0 aliphatic carbocycles. The number of aryl methyl sites for hydroxylation is 1. The maximum absolute atomic E-state index is 12.9. The Hall–Kier alpha value is -2.63. The fourth-order valence-electron chi connectivity index (χ4n) is 4.90. The van der Waals surface area contributed by atoms with E-state index in [9.17, 15) is 9.59 Å². The molecule has 176 valence electrons. The molecule has 1 fully saturated rings. The van der Waals surface area contributed by atoms with Crippen LogP contribution in [-0.2, 0) is 16.0 Å². The fourth-order valence-corrected chi connectivity index (χ4v) is 5.17. The maximum Gasteiger partial charge on any atom is 0.302 e. The molecule has 5 nitrogen and oxygen atoms in total. The van der Waals surface area contributed by atoms with Gasteiger partial charge in [0.25, 0.3) is 0 Å². The quantitative estimate of drug-likeness (QED) is 0.397. The fraction of sp³-hybridized carbons (Fsp3) is 0.407. The molecule has 0 N–H and O–H groups in total. The van der Waals surface area contributed by atoms with Crippen LogP contribution in [0, 0.1) is 6.92 Å². The second-order valence-electron chi connectivity index (χ2n) is 8.78. The molecule has 3 rings (SSSR count). The standard InChI is InChI=1S/C27H32ClNO4/c1-16(20-9-7-8-10-23(20)28)13-21-26(17(2)14-25(32-6)27(21)18(3)30)22-15-29(5)12-11-24(22)33-19(4)31/h7-10,14,22,24H,1,11-13,15H2,2-6H3/t22-,24+/m1/s1. The molecule has 0 spiro atoms. The number of benzene rings is 2. The Bertz CT molecular complexity index is 1080. The average molecular weight is 470 g/mol. The van der Waals surface area contributed by atoms with Gasteiger partial charge in [-0.05, 0) is 73.7 Å². The van der Waals surface area contributed by atoms with Gasteiger partial charge in [0.2, 0.25) is 0 Å². The first kappa shape index (κ1) is 25.0. The minimum atomic E-state index is -0.297. The molecule has 1 saturated heterocycles. The van der Waals surface area contributed by atoms with Gasteiger partial charge in [0.1, 0.15) is 11.9 Å². The van der Waals surface area contributed by atoms with E-state index >= 15 is 0 Å². The lowest BCUT2D eigenvalue weighted by Gasteiger charge is -2.38. The number of allylic oxidation sites excluding steroid dienone is 1. The van der Waals surface area contributed by atoms with Crippen LogP contribution >= 0.6 is 11.6 Å². The van der Waals surface area contributed by atoms with Crippen LogP contribution < -0.4 is 4.74 Å². The Morgan fingerprint density at radius 3 is 2.55 bits per heavy atom. The number of likely N-dealkylation sites (tertiary alicyclic amines) is 1. The van der Waals surface area contributed by atoms with E-state index in [2.05, 4.69) is 18.5 Å². The molecule has 2 aromatic rings. The molecule has 0 aromatic heterocycles. The van der Waals surface area contributed by atoms with Crippen molar-refractivity contribution in [2.75, 3.05) is 27.2 Å². The summed E-state index contributed by atoms with van der Waals surface area (Å²) < 4.78 is 11.4. The van der Waals surface area contributed by atoms with Crippen LogP contribution in [0.5, 0.6) is 5.75 Å². The minimum absolute atomic E-state index is 0.0781. The number of carbonyl (C=O) groups is 2. The summed E-state index contributed by atoms with van der Waals surface area (Å²) in [4.78, 5) is 27.0. The molecular weight excluding hydrogens is 438 g/mol. The molecule has 0 unspecified atom stereocenters. The van der Waals surface area contributed by atoms with Crippen LogP contribution in [0.3, 0.4) is 0 Å². The Labute approximate surface area is 201 Å². The number of Topliss-reactive ketones (excluding diaryl/α,β-unsaturated/α-hetero) is 1. The molecule has 0 radical (unpaired) electrons. The molecule has 0 bridgehead atoms. The van der Waals surface area contributed by atoms with Gasteiger partial charge in [0, 0.05) is 31.0 Å². The number of likely N-dealkylation sites (N-methyl/N-ethyl adjacent to an activating group) is 1. The highest BCUT2D eigenvalue weighted by Crippen LogP contribution is 2.40. The smallest absolute Gasteiger partial charge is 0.302 e. The van der Waals surface area contributed by atoms with Gasteiger partial charge >= 0.3 is 5.97 Å². The Morgan fingerprint density at radius 2 is 1.94 bits per heavy atom. The minimum Gasteiger partial charge on any atom is -0.496 e. The van der Waals surface area contributed by atoms with Crippen molar-refractivity contribution in [3.05, 3.63) is 69.8 Å². The summed E-state index contributed by atoms with van der Waals surface area (Å²) in [7, 11) is 3.63. The number of esters is 1. The van der Waals surface area contributed by atoms with Gasteiger partial charge in [0.05, 0.1) is 12.7 Å². The van der Waals surface area contributed by atoms with Crippen LogP contribution in [0.4, 0.5) is 0 Å². The van der Waals surface area contributed by atoms with E-state index in [1.165, 1.54) is 6.92 Å². The third-order valence-electron chi connectivity index (χ3n) is 6.30. The highest BCUT2D eigenvalue weighted by atomic mass is 35.5. The molecule has 0 amide bonds. The molecule has 1 heterocycles. The van der Waals surface area contributed by atoms with Crippen LogP contribution in [0.15, 0.2) is 36.9 Å². The predicted octanol–water partition coefficient (Wildman–Crippen LogP) is 5.47. The summed E-state index contributed by atoms with van der Waals surface area (Å²) >= 11 is 6.45. The van der Waals surface area contributed by atoms with Crippen molar-refractivity contribution in [1.82, 2.24) is 4.90 Å². The van der Waals surface area contributed by atoms with E-state index in [0.29, 0.717) is 29.3 Å². The highest BCUT2D eigenvalue weighted by Gasteiger charge is 2.35. The lowest BCUT2D eigenvalue weighted by Crippen LogP contribution is -2.42. The van der Waals surface area contributed by atoms with Crippen molar-refractivity contribution in [1.29, 1.82) is 0 Å². The number of rotatable bonds is 7. The van der Waals surface area contributed by atoms with Crippen molar-refractivity contribution in [2.45, 2.75) is 45.6 Å². The Kier molecular flexibility index (Phi) is 7.98. The van der Waals surface area contributed by atoms with E-state index in [1.54, 1.807) is 14.0 Å². The Balaban J connectivity index is 2.21. The monoisotopic (exact) mass is 469 g/mol. The summed E-state index contributed by atoms with van der Waals surface area (Å²) in [5.74, 6) is 0.0856. The second kappa shape index (κ2) is 10.5. The SMILES string of the molecule is C=C(Cc1c(C(C)=O)c(OC)cc(C)c1[C@@H]1CN(C)CC[C@@H]1OC(C)=O)c1ccccc1Cl. The van der Waals surface area contributed by atoms with E-state index in [-0.39, 0.29) is 23.8 Å². The summed E-state index contributed by atoms with van der Waals surface area (Å²) in [5.41, 5.74) is 5.08. The molecule has 6 heteroatoms. The van der Waals surface area contributed by atoms with Crippen molar-refractivity contribution in [2.24, 2.45) is 0 Å². The van der Waals surface area contributed by atoms with Crippen LogP contribution in [0.25, 0.3) is 5.57 Å².